The lowest BCUT2D eigenvalue weighted by molar-refractivity contribution is 0.196. The van der Waals surface area contributed by atoms with Crippen LogP contribution in [-0.2, 0) is 6.54 Å². The van der Waals surface area contributed by atoms with E-state index in [-0.39, 0.29) is 19.3 Å². The van der Waals surface area contributed by atoms with Crippen LogP contribution in [0.5, 0.6) is 11.5 Å². The van der Waals surface area contributed by atoms with Crippen molar-refractivity contribution >= 4 is 0 Å². The van der Waals surface area contributed by atoms with Gasteiger partial charge < -0.3 is 19.9 Å². The Kier molecular flexibility index (Phi) is 6.25. The van der Waals surface area contributed by atoms with Gasteiger partial charge in [0, 0.05) is 12.6 Å². The molecule has 0 aliphatic carbocycles. The monoisotopic (exact) mass is 301 g/mol. The van der Waals surface area contributed by atoms with E-state index in [0.717, 1.165) is 12.1 Å². The van der Waals surface area contributed by atoms with E-state index < -0.39 is 0 Å². The zero-order valence-corrected chi connectivity index (χ0v) is 13.1. The molecular formula is C18H23NO3. The van der Waals surface area contributed by atoms with Crippen molar-refractivity contribution in [2.24, 2.45) is 0 Å². The lowest BCUT2D eigenvalue weighted by Gasteiger charge is -2.16. The molecule has 2 aromatic carbocycles. The Morgan fingerprint density at radius 1 is 1.09 bits per heavy atom. The molecule has 0 fully saturated rings. The summed E-state index contributed by atoms with van der Waals surface area (Å²) in [4.78, 5) is 0. The first-order valence-corrected chi connectivity index (χ1v) is 7.43. The highest BCUT2D eigenvalue weighted by atomic mass is 16.5. The van der Waals surface area contributed by atoms with E-state index in [4.69, 9.17) is 14.6 Å². The van der Waals surface area contributed by atoms with E-state index in [1.165, 1.54) is 5.56 Å². The molecule has 0 radical (unpaired) electrons. The van der Waals surface area contributed by atoms with Crippen molar-refractivity contribution in [2.75, 3.05) is 20.3 Å². The number of ether oxygens (including phenoxy) is 2. The fraction of sp³-hybridized carbons (Fsp3) is 0.333. The number of aliphatic hydroxyl groups excluding tert-OH is 1. The van der Waals surface area contributed by atoms with Crippen LogP contribution >= 0.6 is 0 Å². The van der Waals surface area contributed by atoms with Crippen LogP contribution in [0.2, 0.25) is 0 Å². The van der Waals surface area contributed by atoms with Crippen molar-refractivity contribution < 1.29 is 14.6 Å². The van der Waals surface area contributed by atoms with E-state index in [9.17, 15) is 0 Å². The Morgan fingerprint density at radius 3 is 2.55 bits per heavy atom. The second-order valence-electron chi connectivity index (χ2n) is 5.07. The maximum Gasteiger partial charge on any atom is 0.161 e. The van der Waals surface area contributed by atoms with Crippen molar-refractivity contribution in [1.82, 2.24) is 5.32 Å². The van der Waals surface area contributed by atoms with Gasteiger partial charge in [0.2, 0.25) is 0 Å². The third kappa shape index (κ3) is 4.48. The van der Waals surface area contributed by atoms with E-state index in [1.807, 2.05) is 36.4 Å². The summed E-state index contributed by atoms with van der Waals surface area (Å²) in [7, 11) is 1.62. The Labute approximate surface area is 131 Å². The van der Waals surface area contributed by atoms with Crippen LogP contribution in [0.1, 0.15) is 24.1 Å². The average Bonchev–Trinajstić information content (AvgIpc) is 2.58. The van der Waals surface area contributed by atoms with Gasteiger partial charge in [0.1, 0.15) is 6.61 Å². The number of benzene rings is 2. The molecule has 2 rings (SSSR count). The van der Waals surface area contributed by atoms with Crippen LogP contribution in [0.15, 0.2) is 48.5 Å². The number of hydrogen-bond donors (Lipinski definition) is 2. The summed E-state index contributed by atoms with van der Waals surface area (Å²) in [6.07, 6.45) is 0. The molecular weight excluding hydrogens is 278 g/mol. The fourth-order valence-electron chi connectivity index (χ4n) is 2.23. The van der Waals surface area contributed by atoms with E-state index in [0.29, 0.717) is 11.5 Å². The van der Waals surface area contributed by atoms with Crippen LogP contribution in [0.3, 0.4) is 0 Å². The Balaban J connectivity index is 1.98. The third-order valence-corrected chi connectivity index (χ3v) is 3.49. The van der Waals surface area contributed by atoms with Gasteiger partial charge >= 0.3 is 0 Å². The van der Waals surface area contributed by atoms with Crippen LogP contribution < -0.4 is 14.8 Å². The minimum absolute atomic E-state index is 0.0128. The number of aliphatic hydroxyl groups is 1. The topological polar surface area (TPSA) is 50.7 Å². The summed E-state index contributed by atoms with van der Waals surface area (Å²) in [5, 5.41) is 12.3. The zero-order chi connectivity index (χ0) is 15.8. The molecule has 0 aliphatic rings. The predicted octanol–water partition coefficient (Wildman–Crippen LogP) is 2.92. The van der Waals surface area contributed by atoms with Gasteiger partial charge in [0.05, 0.1) is 13.7 Å². The maximum absolute atomic E-state index is 8.82. The zero-order valence-electron chi connectivity index (χ0n) is 13.1. The average molecular weight is 301 g/mol. The molecule has 2 N–H and O–H groups in total. The minimum atomic E-state index is -0.0128. The van der Waals surface area contributed by atoms with Gasteiger partial charge in [0.15, 0.2) is 11.5 Å². The largest absolute Gasteiger partial charge is 0.493 e. The molecule has 0 bridgehead atoms. The first-order chi connectivity index (χ1) is 10.7. The third-order valence-electron chi connectivity index (χ3n) is 3.49. The number of hydrogen-bond acceptors (Lipinski definition) is 4. The molecule has 0 aliphatic heterocycles. The first-order valence-electron chi connectivity index (χ1n) is 7.43. The second-order valence-corrected chi connectivity index (χ2v) is 5.07. The molecule has 2 aromatic rings. The van der Waals surface area contributed by atoms with Crippen LogP contribution in [-0.4, -0.2) is 25.4 Å². The van der Waals surface area contributed by atoms with Gasteiger partial charge in [-0.2, -0.15) is 0 Å². The van der Waals surface area contributed by atoms with Gasteiger partial charge in [-0.15, -0.1) is 0 Å². The molecule has 0 unspecified atom stereocenters. The van der Waals surface area contributed by atoms with Crippen molar-refractivity contribution in [2.45, 2.75) is 19.5 Å². The Bertz CT molecular complexity index is 572. The molecule has 0 spiro atoms. The highest BCUT2D eigenvalue weighted by Crippen LogP contribution is 2.28. The highest BCUT2D eigenvalue weighted by Gasteiger charge is 2.08. The Hall–Kier alpha value is -2.04. The van der Waals surface area contributed by atoms with Crippen LogP contribution in [0.4, 0.5) is 0 Å². The van der Waals surface area contributed by atoms with Crippen LogP contribution in [0, 0.1) is 0 Å². The normalized spacial score (nSPS) is 12.0. The second kappa shape index (κ2) is 8.41. The summed E-state index contributed by atoms with van der Waals surface area (Å²) in [5.41, 5.74) is 2.38. The van der Waals surface area contributed by atoms with E-state index >= 15 is 0 Å². The number of nitrogens with one attached hydrogen (secondary N) is 1. The summed E-state index contributed by atoms with van der Waals surface area (Å²) in [6, 6.07) is 16.4. The molecule has 4 nitrogen and oxygen atoms in total. The molecule has 0 saturated carbocycles. The molecule has 118 valence electrons. The molecule has 0 aromatic heterocycles. The molecule has 0 saturated heterocycles. The van der Waals surface area contributed by atoms with E-state index in [1.54, 1.807) is 7.11 Å². The molecule has 0 amide bonds. The summed E-state index contributed by atoms with van der Waals surface area (Å²) >= 11 is 0. The number of methoxy groups -OCH3 is 1. The van der Waals surface area contributed by atoms with Gasteiger partial charge in [-0.25, -0.2) is 0 Å². The quantitative estimate of drug-likeness (QED) is 0.787. The molecule has 0 heterocycles. The molecule has 4 heteroatoms. The van der Waals surface area contributed by atoms with Crippen molar-refractivity contribution in [3.63, 3.8) is 0 Å². The summed E-state index contributed by atoms with van der Waals surface area (Å²) in [6.45, 7) is 3.14. The van der Waals surface area contributed by atoms with Gasteiger partial charge in [-0.3, -0.25) is 0 Å². The highest BCUT2D eigenvalue weighted by molar-refractivity contribution is 5.43. The van der Waals surface area contributed by atoms with Crippen molar-refractivity contribution in [3.8, 4) is 11.5 Å². The van der Waals surface area contributed by atoms with E-state index in [2.05, 4.69) is 24.4 Å². The minimum Gasteiger partial charge on any atom is -0.493 e. The number of rotatable bonds is 8. The summed E-state index contributed by atoms with van der Waals surface area (Å²) < 4.78 is 10.8. The van der Waals surface area contributed by atoms with Gasteiger partial charge in [-0.05, 0) is 30.2 Å². The first kappa shape index (κ1) is 16.3. The SMILES string of the molecule is COc1cc(CN[C@@H](C)c2ccccc2)ccc1OCCO. The Morgan fingerprint density at radius 2 is 1.86 bits per heavy atom. The standard InChI is InChI=1S/C18H23NO3/c1-14(16-6-4-3-5-7-16)19-13-15-8-9-17(22-11-10-20)18(12-15)21-2/h3-9,12,14,19-20H,10-11,13H2,1-2H3/t14-/m0/s1. The molecule has 1 atom stereocenters. The maximum atomic E-state index is 8.82. The summed E-state index contributed by atoms with van der Waals surface area (Å²) in [5.74, 6) is 1.33. The van der Waals surface area contributed by atoms with Gasteiger partial charge in [0.25, 0.3) is 0 Å². The predicted molar refractivity (Wildman–Crippen MR) is 87.3 cm³/mol. The lowest BCUT2D eigenvalue weighted by Crippen LogP contribution is -2.18. The smallest absolute Gasteiger partial charge is 0.161 e. The fourth-order valence-corrected chi connectivity index (χ4v) is 2.23. The van der Waals surface area contributed by atoms with Crippen LogP contribution in [0.25, 0.3) is 0 Å². The lowest BCUT2D eigenvalue weighted by atomic mass is 10.1. The van der Waals surface area contributed by atoms with Gasteiger partial charge in [-0.1, -0.05) is 36.4 Å². The van der Waals surface area contributed by atoms with Crippen molar-refractivity contribution in [3.05, 3.63) is 59.7 Å². The molecule has 22 heavy (non-hydrogen) atoms. The van der Waals surface area contributed by atoms with Crippen molar-refractivity contribution in [1.29, 1.82) is 0 Å².